The molecule has 0 heterocycles. The lowest BCUT2D eigenvalue weighted by atomic mass is 10.2. The van der Waals surface area contributed by atoms with Crippen LogP contribution in [0.2, 0.25) is 0 Å². The van der Waals surface area contributed by atoms with Crippen molar-refractivity contribution in [2.45, 2.75) is 6.42 Å². The van der Waals surface area contributed by atoms with Crippen molar-refractivity contribution in [1.29, 1.82) is 0 Å². The van der Waals surface area contributed by atoms with E-state index >= 15 is 0 Å². The molecule has 2 rings (SSSR count). The molecule has 25 heavy (non-hydrogen) atoms. The molecule has 0 aliphatic carbocycles. The molecule has 0 aliphatic heterocycles. The zero-order chi connectivity index (χ0) is 18.6. The molecule has 0 saturated carbocycles. The minimum Gasteiger partial charge on any atom is -0.370 e. The molecule has 0 atom stereocenters. The van der Waals surface area contributed by atoms with Gasteiger partial charge in [-0.1, -0.05) is 6.07 Å². The number of anilines is 3. The summed E-state index contributed by atoms with van der Waals surface area (Å²) in [7, 11) is 7.42. The van der Waals surface area contributed by atoms with Crippen LogP contribution >= 0.6 is 0 Å². The van der Waals surface area contributed by atoms with Crippen LogP contribution in [0.3, 0.4) is 0 Å². The van der Waals surface area contributed by atoms with Gasteiger partial charge in [0.25, 0.3) is 0 Å². The van der Waals surface area contributed by atoms with Crippen molar-refractivity contribution in [3.63, 3.8) is 0 Å². The largest absolute Gasteiger partial charge is 0.370 e. The molecule has 0 N–H and O–H groups in total. The fourth-order valence-corrected chi connectivity index (χ4v) is 2.77. The van der Waals surface area contributed by atoms with E-state index in [9.17, 15) is 13.2 Å². The summed E-state index contributed by atoms with van der Waals surface area (Å²) in [5, 5.41) is 0. The Hall–Kier alpha value is -2.21. The van der Waals surface area contributed by atoms with Gasteiger partial charge in [0.2, 0.25) is 0 Å². The van der Waals surface area contributed by atoms with Gasteiger partial charge >= 0.3 is 0 Å². The summed E-state index contributed by atoms with van der Waals surface area (Å²) < 4.78 is 41.8. The number of halogens is 3. The highest BCUT2D eigenvalue weighted by Crippen LogP contribution is 2.36. The minimum absolute atomic E-state index is 0.190. The average Bonchev–Trinajstić information content (AvgIpc) is 2.53. The zero-order valence-corrected chi connectivity index (χ0v) is 15.1. The van der Waals surface area contributed by atoms with Gasteiger partial charge in [-0.15, -0.1) is 0 Å². The third-order valence-electron chi connectivity index (χ3n) is 4.08. The Morgan fingerprint density at radius 1 is 0.800 bits per heavy atom. The maximum absolute atomic E-state index is 14.5. The molecule has 3 nitrogen and oxygen atoms in total. The van der Waals surface area contributed by atoms with E-state index < -0.39 is 11.6 Å². The normalized spacial score (nSPS) is 11.0. The van der Waals surface area contributed by atoms with Crippen molar-refractivity contribution in [3.8, 4) is 0 Å². The predicted molar refractivity (Wildman–Crippen MR) is 97.3 cm³/mol. The number of hydrogen-bond acceptors (Lipinski definition) is 3. The first kappa shape index (κ1) is 19.1. The third-order valence-corrected chi connectivity index (χ3v) is 4.08. The van der Waals surface area contributed by atoms with Gasteiger partial charge < -0.3 is 14.7 Å². The molecule has 0 aliphatic rings. The summed E-state index contributed by atoms with van der Waals surface area (Å²) in [5.41, 5.74) is 1.11. The number of rotatable bonds is 7. The van der Waals surface area contributed by atoms with Crippen molar-refractivity contribution >= 4 is 17.1 Å². The van der Waals surface area contributed by atoms with Crippen LogP contribution in [-0.4, -0.2) is 46.2 Å². The Morgan fingerprint density at radius 2 is 1.52 bits per heavy atom. The lowest BCUT2D eigenvalue weighted by Crippen LogP contribution is -2.26. The van der Waals surface area contributed by atoms with E-state index in [0.29, 0.717) is 17.9 Å². The van der Waals surface area contributed by atoms with Crippen molar-refractivity contribution in [3.05, 3.63) is 53.8 Å². The fraction of sp³-hybridized carbons (Fsp3) is 0.368. The van der Waals surface area contributed by atoms with E-state index in [4.69, 9.17) is 0 Å². The number of benzene rings is 2. The Morgan fingerprint density at radius 3 is 2.16 bits per heavy atom. The lowest BCUT2D eigenvalue weighted by Gasteiger charge is -2.29. The topological polar surface area (TPSA) is 9.72 Å². The summed E-state index contributed by atoms with van der Waals surface area (Å²) in [6.45, 7) is 1.54. The maximum atomic E-state index is 14.5. The molecule has 0 aromatic heterocycles. The van der Waals surface area contributed by atoms with Crippen LogP contribution in [0.1, 0.15) is 6.42 Å². The van der Waals surface area contributed by atoms with Crippen molar-refractivity contribution in [2.75, 3.05) is 51.1 Å². The average molecular weight is 351 g/mol. The standard InChI is InChI=1S/C19H24F3N3/c1-23(2)11-6-12-24(3)19-15(21)7-5-8-18(19)25(4)17-10-9-14(20)13-16(17)22/h5,7-10,13H,6,11-12H2,1-4H3. The van der Waals surface area contributed by atoms with Crippen LogP contribution in [0.5, 0.6) is 0 Å². The van der Waals surface area contributed by atoms with Crippen molar-refractivity contribution in [1.82, 2.24) is 4.90 Å². The smallest absolute Gasteiger partial charge is 0.149 e. The second kappa shape index (κ2) is 8.25. The summed E-state index contributed by atoms with van der Waals surface area (Å²) in [4.78, 5) is 5.43. The molecule has 0 unspecified atom stereocenters. The molecular formula is C19H24F3N3. The van der Waals surface area contributed by atoms with Crippen LogP contribution < -0.4 is 9.80 Å². The molecule has 0 spiro atoms. The maximum Gasteiger partial charge on any atom is 0.149 e. The second-order valence-electron chi connectivity index (χ2n) is 6.34. The highest BCUT2D eigenvalue weighted by Gasteiger charge is 2.19. The van der Waals surface area contributed by atoms with Crippen LogP contribution in [0.15, 0.2) is 36.4 Å². The molecule has 0 bridgehead atoms. The quantitative estimate of drug-likeness (QED) is 0.738. The SMILES string of the molecule is CN(C)CCCN(C)c1c(F)cccc1N(C)c1ccc(F)cc1F. The first-order valence-electron chi connectivity index (χ1n) is 8.14. The van der Waals surface area contributed by atoms with Crippen LogP contribution in [0.4, 0.5) is 30.2 Å². The number of hydrogen-bond donors (Lipinski definition) is 0. The second-order valence-corrected chi connectivity index (χ2v) is 6.34. The summed E-state index contributed by atoms with van der Waals surface area (Å²) in [6, 6.07) is 8.06. The highest BCUT2D eigenvalue weighted by molar-refractivity contribution is 5.77. The molecule has 2 aromatic rings. The Bertz CT molecular complexity index is 719. The number of para-hydroxylation sites is 1. The van der Waals surface area contributed by atoms with Crippen LogP contribution in [-0.2, 0) is 0 Å². The first-order valence-corrected chi connectivity index (χ1v) is 8.14. The molecule has 136 valence electrons. The van der Waals surface area contributed by atoms with Crippen LogP contribution in [0.25, 0.3) is 0 Å². The molecule has 2 aromatic carbocycles. The van der Waals surface area contributed by atoms with Crippen molar-refractivity contribution in [2.24, 2.45) is 0 Å². The fourth-order valence-electron chi connectivity index (χ4n) is 2.77. The summed E-state index contributed by atoms with van der Waals surface area (Å²) >= 11 is 0. The minimum atomic E-state index is -0.687. The number of nitrogens with zero attached hydrogens (tertiary/aromatic N) is 3. The van der Waals surface area contributed by atoms with Crippen LogP contribution in [0, 0.1) is 17.5 Å². The first-order chi connectivity index (χ1) is 11.8. The van der Waals surface area contributed by atoms with E-state index in [1.54, 1.807) is 19.2 Å². The van der Waals surface area contributed by atoms with Gasteiger partial charge in [0.1, 0.15) is 17.5 Å². The predicted octanol–water partition coefficient (Wildman–Crippen LogP) is 4.26. The van der Waals surface area contributed by atoms with E-state index in [-0.39, 0.29) is 11.5 Å². The van der Waals surface area contributed by atoms with Gasteiger partial charge in [0.05, 0.1) is 17.1 Å². The third kappa shape index (κ3) is 4.66. The van der Waals surface area contributed by atoms with Gasteiger partial charge in [-0.05, 0) is 51.3 Å². The van der Waals surface area contributed by atoms with Gasteiger partial charge in [-0.3, -0.25) is 0 Å². The van der Waals surface area contributed by atoms with Gasteiger partial charge in [0, 0.05) is 26.7 Å². The molecule has 0 amide bonds. The molecule has 0 radical (unpaired) electrons. The Labute approximate surface area is 147 Å². The van der Waals surface area contributed by atoms with E-state index in [1.165, 1.54) is 23.1 Å². The monoisotopic (exact) mass is 351 g/mol. The summed E-state index contributed by atoms with van der Waals surface area (Å²) in [6.07, 6.45) is 0.867. The molecular weight excluding hydrogens is 327 g/mol. The van der Waals surface area contributed by atoms with E-state index in [0.717, 1.165) is 19.0 Å². The Kier molecular flexibility index (Phi) is 6.31. The van der Waals surface area contributed by atoms with E-state index in [1.807, 2.05) is 26.0 Å². The molecule has 0 saturated heterocycles. The molecule has 6 heteroatoms. The van der Waals surface area contributed by atoms with Gasteiger partial charge in [-0.25, -0.2) is 13.2 Å². The molecule has 0 fully saturated rings. The van der Waals surface area contributed by atoms with Crippen molar-refractivity contribution < 1.29 is 13.2 Å². The summed E-state index contributed by atoms with van der Waals surface area (Å²) in [5.74, 6) is -1.71. The van der Waals surface area contributed by atoms with E-state index in [2.05, 4.69) is 4.90 Å². The highest BCUT2D eigenvalue weighted by atomic mass is 19.1. The zero-order valence-electron chi connectivity index (χ0n) is 15.1. The Balaban J connectivity index is 2.33. The van der Waals surface area contributed by atoms with Gasteiger partial charge in [-0.2, -0.15) is 0 Å². The lowest BCUT2D eigenvalue weighted by molar-refractivity contribution is 0.401. The van der Waals surface area contributed by atoms with Gasteiger partial charge in [0.15, 0.2) is 0 Å².